The SMILES string of the molecule is CCCCC/C=C\C/C=C\CCCCCCCCCCCC(=O)OC(CCCCC/C=C\CCCCC)CC(=O)NC(CO)C(O)CCCCCCCCCCC. The maximum Gasteiger partial charge on any atom is 0.306 e. The zero-order valence-corrected chi connectivity index (χ0v) is 38.0. The van der Waals surface area contributed by atoms with Crippen molar-refractivity contribution in [2.45, 2.75) is 270 Å². The third-order valence-electron chi connectivity index (χ3n) is 11.2. The molecule has 0 aromatic heterocycles. The van der Waals surface area contributed by atoms with Crippen molar-refractivity contribution < 1.29 is 24.5 Å². The minimum atomic E-state index is -0.788. The number of hydrogen-bond donors (Lipinski definition) is 3. The summed E-state index contributed by atoms with van der Waals surface area (Å²) in [6.07, 6.45) is 52.1. The van der Waals surface area contributed by atoms with Gasteiger partial charge in [-0.3, -0.25) is 9.59 Å². The van der Waals surface area contributed by atoms with Crippen molar-refractivity contribution in [1.82, 2.24) is 5.32 Å². The number of hydrogen-bond acceptors (Lipinski definition) is 5. The zero-order valence-electron chi connectivity index (χ0n) is 38.0. The summed E-state index contributed by atoms with van der Waals surface area (Å²) in [5.74, 6) is -0.491. The van der Waals surface area contributed by atoms with Crippen LogP contribution in [0, 0.1) is 0 Å². The summed E-state index contributed by atoms with van der Waals surface area (Å²) in [5, 5.41) is 23.6. The lowest BCUT2D eigenvalue weighted by atomic mass is 10.0. The van der Waals surface area contributed by atoms with Crippen molar-refractivity contribution in [3.05, 3.63) is 36.5 Å². The molecule has 57 heavy (non-hydrogen) atoms. The smallest absolute Gasteiger partial charge is 0.306 e. The Morgan fingerprint density at radius 2 is 0.895 bits per heavy atom. The van der Waals surface area contributed by atoms with E-state index in [-0.39, 0.29) is 24.9 Å². The normalized spacial score (nSPS) is 13.6. The molecular formula is C51H95NO5. The molecule has 0 spiro atoms. The van der Waals surface area contributed by atoms with Crippen molar-refractivity contribution >= 4 is 11.9 Å². The first-order chi connectivity index (χ1) is 28.0. The lowest BCUT2D eigenvalue weighted by Gasteiger charge is -2.24. The summed E-state index contributed by atoms with van der Waals surface area (Å²) >= 11 is 0. The molecule has 6 heteroatoms. The van der Waals surface area contributed by atoms with E-state index in [0.29, 0.717) is 19.3 Å². The molecule has 0 aliphatic rings. The van der Waals surface area contributed by atoms with Gasteiger partial charge in [-0.05, 0) is 83.5 Å². The van der Waals surface area contributed by atoms with Crippen LogP contribution in [0.2, 0.25) is 0 Å². The van der Waals surface area contributed by atoms with Gasteiger partial charge in [-0.1, -0.05) is 192 Å². The van der Waals surface area contributed by atoms with Crippen LogP contribution in [0.5, 0.6) is 0 Å². The van der Waals surface area contributed by atoms with Gasteiger partial charge in [-0.25, -0.2) is 0 Å². The molecule has 6 nitrogen and oxygen atoms in total. The van der Waals surface area contributed by atoms with Gasteiger partial charge in [0.2, 0.25) is 5.91 Å². The highest BCUT2D eigenvalue weighted by molar-refractivity contribution is 5.77. The first-order valence-electron chi connectivity index (χ1n) is 24.7. The third kappa shape index (κ3) is 40.6. The second kappa shape index (κ2) is 45.2. The Kier molecular flexibility index (Phi) is 43.6. The molecule has 3 unspecified atom stereocenters. The van der Waals surface area contributed by atoms with Crippen LogP contribution in [-0.2, 0) is 14.3 Å². The Balaban J connectivity index is 4.46. The highest BCUT2D eigenvalue weighted by Gasteiger charge is 2.24. The number of unbranched alkanes of at least 4 members (excludes halogenated alkanes) is 26. The quantitative estimate of drug-likeness (QED) is 0.0324. The van der Waals surface area contributed by atoms with Gasteiger partial charge in [0.25, 0.3) is 0 Å². The van der Waals surface area contributed by atoms with Gasteiger partial charge in [0.05, 0.1) is 25.2 Å². The Morgan fingerprint density at radius 1 is 0.509 bits per heavy atom. The number of ether oxygens (including phenoxy) is 1. The molecule has 0 radical (unpaired) electrons. The van der Waals surface area contributed by atoms with Gasteiger partial charge in [-0.15, -0.1) is 0 Å². The molecule has 0 aromatic carbocycles. The van der Waals surface area contributed by atoms with E-state index in [1.165, 1.54) is 128 Å². The number of rotatable bonds is 44. The molecule has 0 aliphatic carbocycles. The first-order valence-corrected chi connectivity index (χ1v) is 24.7. The molecule has 334 valence electrons. The van der Waals surface area contributed by atoms with Crippen molar-refractivity contribution in [3.63, 3.8) is 0 Å². The van der Waals surface area contributed by atoms with Crippen LogP contribution in [0.25, 0.3) is 0 Å². The summed E-state index contributed by atoms with van der Waals surface area (Å²) < 4.78 is 5.90. The molecule has 0 rings (SSSR count). The maximum absolute atomic E-state index is 13.1. The predicted octanol–water partition coefficient (Wildman–Crippen LogP) is 14.5. The molecule has 0 fully saturated rings. The van der Waals surface area contributed by atoms with Gasteiger partial charge in [0.1, 0.15) is 6.10 Å². The van der Waals surface area contributed by atoms with E-state index in [0.717, 1.165) is 77.0 Å². The molecule has 0 saturated heterocycles. The topological polar surface area (TPSA) is 95.9 Å². The highest BCUT2D eigenvalue weighted by Crippen LogP contribution is 2.17. The number of allylic oxidation sites excluding steroid dienone is 6. The van der Waals surface area contributed by atoms with Crippen LogP contribution in [0.1, 0.15) is 252 Å². The minimum Gasteiger partial charge on any atom is -0.462 e. The minimum absolute atomic E-state index is 0.0666. The van der Waals surface area contributed by atoms with E-state index in [4.69, 9.17) is 4.74 Å². The lowest BCUT2D eigenvalue weighted by Crippen LogP contribution is -2.46. The Labute approximate surface area is 353 Å². The number of esters is 1. The van der Waals surface area contributed by atoms with Gasteiger partial charge in [-0.2, -0.15) is 0 Å². The number of aliphatic hydroxyl groups is 2. The van der Waals surface area contributed by atoms with Crippen LogP contribution < -0.4 is 5.32 Å². The van der Waals surface area contributed by atoms with E-state index in [9.17, 15) is 19.8 Å². The largest absolute Gasteiger partial charge is 0.462 e. The van der Waals surface area contributed by atoms with Gasteiger partial charge in [0.15, 0.2) is 0 Å². The van der Waals surface area contributed by atoms with Crippen molar-refractivity contribution in [2.75, 3.05) is 6.61 Å². The third-order valence-corrected chi connectivity index (χ3v) is 11.2. The van der Waals surface area contributed by atoms with Crippen LogP contribution in [0.15, 0.2) is 36.5 Å². The molecule has 3 N–H and O–H groups in total. The van der Waals surface area contributed by atoms with Crippen molar-refractivity contribution in [2.24, 2.45) is 0 Å². The first kappa shape index (κ1) is 55.1. The van der Waals surface area contributed by atoms with E-state index >= 15 is 0 Å². The zero-order chi connectivity index (χ0) is 41.7. The Morgan fingerprint density at radius 3 is 1.40 bits per heavy atom. The maximum atomic E-state index is 13.1. The summed E-state index contributed by atoms with van der Waals surface area (Å²) in [7, 11) is 0. The van der Waals surface area contributed by atoms with E-state index in [2.05, 4.69) is 62.5 Å². The number of carbonyl (C=O) groups is 2. The highest BCUT2D eigenvalue weighted by atomic mass is 16.5. The molecule has 0 aliphatic heterocycles. The fourth-order valence-electron chi connectivity index (χ4n) is 7.40. The molecule has 0 heterocycles. The molecule has 1 amide bonds. The number of aliphatic hydroxyl groups excluding tert-OH is 2. The van der Waals surface area contributed by atoms with E-state index < -0.39 is 18.2 Å². The molecule has 0 saturated carbocycles. The Bertz CT molecular complexity index is 946. The average Bonchev–Trinajstić information content (AvgIpc) is 3.20. The van der Waals surface area contributed by atoms with Gasteiger partial charge >= 0.3 is 5.97 Å². The second-order valence-electron chi connectivity index (χ2n) is 16.9. The standard InChI is InChI=1S/C51H95NO5/c1-4-7-10-13-16-19-21-22-23-24-25-26-27-28-29-32-35-38-41-44-51(56)57-47(42-39-36-33-31-20-17-14-11-8-5-2)45-50(55)52-48(46-53)49(54)43-40-37-34-30-18-15-12-9-6-3/h16-17,19-20,22-23,47-49,53-54H,4-15,18,21,24-46H2,1-3H3,(H,52,55)/b19-16-,20-17-,23-22-. The summed E-state index contributed by atoms with van der Waals surface area (Å²) in [6, 6.07) is -0.702. The summed E-state index contributed by atoms with van der Waals surface area (Å²) in [5.41, 5.74) is 0. The van der Waals surface area contributed by atoms with Gasteiger partial charge < -0.3 is 20.3 Å². The molecule has 0 bridgehead atoms. The van der Waals surface area contributed by atoms with Gasteiger partial charge in [0, 0.05) is 6.42 Å². The average molecular weight is 802 g/mol. The molecule has 0 aromatic rings. The van der Waals surface area contributed by atoms with Crippen LogP contribution in [0.4, 0.5) is 0 Å². The van der Waals surface area contributed by atoms with E-state index in [1.807, 2.05) is 0 Å². The predicted molar refractivity (Wildman–Crippen MR) is 246 cm³/mol. The molecule has 3 atom stereocenters. The fraction of sp³-hybridized carbons (Fsp3) is 0.843. The fourth-order valence-corrected chi connectivity index (χ4v) is 7.40. The number of nitrogens with one attached hydrogen (secondary N) is 1. The van der Waals surface area contributed by atoms with Crippen molar-refractivity contribution in [3.8, 4) is 0 Å². The second-order valence-corrected chi connectivity index (χ2v) is 16.9. The lowest BCUT2D eigenvalue weighted by molar-refractivity contribution is -0.151. The van der Waals surface area contributed by atoms with Crippen LogP contribution in [-0.4, -0.2) is 46.9 Å². The monoisotopic (exact) mass is 802 g/mol. The summed E-state index contributed by atoms with van der Waals surface area (Å²) in [4.78, 5) is 26.0. The van der Waals surface area contributed by atoms with Crippen LogP contribution in [0.3, 0.4) is 0 Å². The Hall–Kier alpha value is -1.92. The van der Waals surface area contributed by atoms with Crippen molar-refractivity contribution in [1.29, 1.82) is 0 Å². The summed E-state index contributed by atoms with van der Waals surface area (Å²) in [6.45, 7) is 6.41. The number of amides is 1. The molecular weight excluding hydrogens is 707 g/mol. The number of carbonyl (C=O) groups excluding carboxylic acids is 2. The van der Waals surface area contributed by atoms with Crippen LogP contribution >= 0.6 is 0 Å². The van der Waals surface area contributed by atoms with E-state index in [1.54, 1.807) is 0 Å².